The summed E-state index contributed by atoms with van der Waals surface area (Å²) in [7, 11) is 0. The number of rotatable bonds is 54. The van der Waals surface area contributed by atoms with Crippen molar-refractivity contribution in [2.24, 2.45) is 0 Å². The first-order valence-corrected chi connectivity index (χ1v) is 29.1. The Kier molecular flexibility index (Phi) is 53.5. The van der Waals surface area contributed by atoms with Crippen LogP contribution in [-0.4, -0.2) is 47.4 Å². The number of amides is 1. The van der Waals surface area contributed by atoms with E-state index in [1.807, 2.05) is 0 Å². The summed E-state index contributed by atoms with van der Waals surface area (Å²) in [6.45, 7) is 4.91. The number of hydrogen-bond acceptors (Lipinski definition) is 5. The van der Waals surface area contributed by atoms with E-state index in [1.165, 1.54) is 231 Å². The molecule has 0 rings (SSSR count). The minimum Gasteiger partial charge on any atom is -0.466 e. The molecule has 0 radical (unpaired) electrons. The van der Waals surface area contributed by atoms with E-state index in [0.717, 1.165) is 51.4 Å². The molecular formula is C59H113NO5. The quantitative estimate of drug-likeness (QED) is 0.0321. The predicted octanol–water partition coefficient (Wildman–Crippen LogP) is 17.9. The van der Waals surface area contributed by atoms with Gasteiger partial charge in [-0.25, -0.2) is 0 Å². The molecule has 2 atom stereocenters. The molecule has 384 valence electrons. The van der Waals surface area contributed by atoms with Crippen LogP contribution in [0.3, 0.4) is 0 Å². The van der Waals surface area contributed by atoms with Gasteiger partial charge in [0, 0.05) is 12.8 Å². The molecule has 0 aliphatic rings. The van der Waals surface area contributed by atoms with E-state index in [9.17, 15) is 19.8 Å². The van der Waals surface area contributed by atoms with Gasteiger partial charge in [0.05, 0.1) is 25.4 Å². The Morgan fingerprint density at radius 2 is 0.785 bits per heavy atom. The van der Waals surface area contributed by atoms with Gasteiger partial charge in [0.1, 0.15) is 0 Å². The molecule has 0 aromatic rings. The SMILES string of the molecule is CCCC/C=C\C/C=C\CCCCCCCC(=O)OCCCCCCCCCCCCCCCCCCCC(=O)NC(CO)C(O)CCCCCCCCCCCCCCCCCCC. The molecule has 0 heterocycles. The monoisotopic (exact) mass is 916 g/mol. The third-order valence-corrected chi connectivity index (χ3v) is 13.5. The lowest BCUT2D eigenvalue weighted by Gasteiger charge is -2.22. The molecule has 1 amide bonds. The molecular weight excluding hydrogens is 803 g/mol. The molecule has 0 fully saturated rings. The van der Waals surface area contributed by atoms with Crippen LogP contribution in [-0.2, 0) is 14.3 Å². The second kappa shape index (κ2) is 54.9. The van der Waals surface area contributed by atoms with Crippen molar-refractivity contribution in [2.75, 3.05) is 13.2 Å². The van der Waals surface area contributed by atoms with E-state index in [2.05, 4.69) is 43.5 Å². The Balaban J connectivity index is 3.42. The van der Waals surface area contributed by atoms with Gasteiger partial charge in [-0.15, -0.1) is 0 Å². The van der Waals surface area contributed by atoms with Crippen LogP contribution < -0.4 is 5.32 Å². The highest BCUT2D eigenvalue weighted by molar-refractivity contribution is 5.76. The van der Waals surface area contributed by atoms with E-state index in [0.29, 0.717) is 25.9 Å². The third-order valence-electron chi connectivity index (χ3n) is 13.5. The van der Waals surface area contributed by atoms with E-state index in [1.54, 1.807) is 0 Å². The van der Waals surface area contributed by atoms with Crippen molar-refractivity contribution in [1.29, 1.82) is 0 Å². The second-order valence-electron chi connectivity index (χ2n) is 20.0. The first-order valence-electron chi connectivity index (χ1n) is 29.1. The highest BCUT2D eigenvalue weighted by atomic mass is 16.5. The van der Waals surface area contributed by atoms with Crippen LogP contribution in [0.5, 0.6) is 0 Å². The van der Waals surface area contributed by atoms with E-state index >= 15 is 0 Å². The molecule has 0 aromatic carbocycles. The van der Waals surface area contributed by atoms with E-state index in [-0.39, 0.29) is 18.5 Å². The predicted molar refractivity (Wildman–Crippen MR) is 283 cm³/mol. The van der Waals surface area contributed by atoms with Gasteiger partial charge in [0.15, 0.2) is 0 Å². The number of hydrogen-bond donors (Lipinski definition) is 3. The fourth-order valence-corrected chi connectivity index (χ4v) is 9.01. The molecule has 6 nitrogen and oxygen atoms in total. The summed E-state index contributed by atoms with van der Waals surface area (Å²) in [6.07, 6.45) is 65.9. The molecule has 0 saturated heterocycles. The lowest BCUT2D eigenvalue weighted by Crippen LogP contribution is -2.45. The number of nitrogens with one attached hydrogen (secondary N) is 1. The molecule has 0 saturated carbocycles. The molecule has 0 aliphatic carbocycles. The highest BCUT2D eigenvalue weighted by Crippen LogP contribution is 2.17. The second-order valence-corrected chi connectivity index (χ2v) is 20.0. The Morgan fingerprint density at radius 3 is 1.22 bits per heavy atom. The summed E-state index contributed by atoms with van der Waals surface area (Å²) in [4.78, 5) is 24.5. The number of ether oxygens (including phenoxy) is 1. The van der Waals surface area contributed by atoms with E-state index in [4.69, 9.17) is 4.74 Å². The maximum Gasteiger partial charge on any atom is 0.305 e. The van der Waals surface area contributed by atoms with Crippen molar-refractivity contribution in [3.8, 4) is 0 Å². The van der Waals surface area contributed by atoms with Gasteiger partial charge in [-0.05, 0) is 51.4 Å². The number of aliphatic hydroxyl groups excluding tert-OH is 2. The molecule has 2 unspecified atom stereocenters. The van der Waals surface area contributed by atoms with Crippen molar-refractivity contribution in [3.63, 3.8) is 0 Å². The van der Waals surface area contributed by atoms with Crippen LogP contribution >= 0.6 is 0 Å². The molecule has 0 aliphatic heterocycles. The van der Waals surface area contributed by atoms with Crippen molar-refractivity contribution >= 4 is 11.9 Å². The van der Waals surface area contributed by atoms with Crippen molar-refractivity contribution in [3.05, 3.63) is 24.3 Å². The zero-order valence-corrected chi connectivity index (χ0v) is 43.7. The average molecular weight is 917 g/mol. The summed E-state index contributed by atoms with van der Waals surface area (Å²) in [6, 6.07) is -0.546. The average Bonchev–Trinajstić information content (AvgIpc) is 3.31. The Morgan fingerprint density at radius 1 is 0.431 bits per heavy atom. The van der Waals surface area contributed by atoms with Crippen LogP contribution in [0.2, 0.25) is 0 Å². The first-order chi connectivity index (χ1) is 32.0. The fourth-order valence-electron chi connectivity index (χ4n) is 9.01. The summed E-state index contributed by atoms with van der Waals surface area (Å²) >= 11 is 0. The van der Waals surface area contributed by atoms with Gasteiger partial charge in [-0.3, -0.25) is 9.59 Å². The third kappa shape index (κ3) is 51.6. The molecule has 0 spiro atoms. The normalized spacial score (nSPS) is 12.7. The zero-order valence-electron chi connectivity index (χ0n) is 43.7. The largest absolute Gasteiger partial charge is 0.466 e. The number of carbonyl (C=O) groups is 2. The zero-order chi connectivity index (χ0) is 47.2. The summed E-state index contributed by atoms with van der Waals surface area (Å²) in [5.41, 5.74) is 0. The van der Waals surface area contributed by atoms with Crippen LogP contribution in [0.4, 0.5) is 0 Å². The standard InChI is InChI=1S/C59H113NO5/c1-3-5-7-9-11-13-15-17-19-21-24-27-31-35-39-43-47-51-57(62)56(55-61)60-58(63)52-48-44-40-36-32-28-25-22-20-23-26-30-34-38-42-46-50-54-65-59(64)53-49-45-41-37-33-29-18-16-14-12-10-8-6-4-2/h10,12,16,18,56-57,61-62H,3-9,11,13-15,17,19-55H2,1-2H3,(H,60,63)/b12-10-,18-16-. The summed E-state index contributed by atoms with van der Waals surface area (Å²) < 4.78 is 5.47. The minimum atomic E-state index is -0.668. The van der Waals surface area contributed by atoms with Crippen molar-refractivity contribution < 1.29 is 24.5 Å². The van der Waals surface area contributed by atoms with Crippen LogP contribution in [0.1, 0.15) is 316 Å². The Labute approximate surface area is 405 Å². The first kappa shape index (κ1) is 63.3. The topological polar surface area (TPSA) is 95.9 Å². The van der Waals surface area contributed by atoms with Crippen molar-refractivity contribution in [2.45, 2.75) is 328 Å². The lowest BCUT2D eigenvalue weighted by atomic mass is 10.0. The summed E-state index contributed by atoms with van der Waals surface area (Å²) in [5, 5.41) is 23.3. The van der Waals surface area contributed by atoms with E-state index < -0.39 is 12.1 Å². The lowest BCUT2D eigenvalue weighted by molar-refractivity contribution is -0.143. The van der Waals surface area contributed by atoms with Gasteiger partial charge in [0.2, 0.25) is 5.91 Å². The number of carbonyl (C=O) groups excluding carboxylic acids is 2. The molecule has 0 bridgehead atoms. The number of unbranched alkanes of at least 4 members (excludes halogenated alkanes) is 39. The number of allylic oxidation sites excluding steroid dienone is 4. The van der Waals surface area contributed by atoms with Crippen LogP contribution in [0.15, 0.2) is 24.3 Å². The van der Waals surface area contributed by atoms with Crippen LogP contribution in [0.25, 0.3) is 0 Å². The number of esters is 1. The molecule has 65 heavy (non-hydrogen) atoms. The minimum absolute atomic E-state index is 0.00886. The summed E-state index contributed by atoms with van der Waals surface area (Å²) in [5.74, 6) is -0.0475. The molecule has 3 N–H and O–H groups in total. The van der Waals surface area contributed by atoms with Gasteiger partial charge < -0.3 is 20.3 Å². The smallest absolute Gasteiger partial charge is 0.305 e. The van der Waals surface area contributed by atoms with Gasteiger partial charge in [-0.2, -0.15) is 0 Å². The maximum absolute atomic E-state index is 12.5. The van der Waals surface area contributed by atoms with Gasteiger partial charge >= 0.3 is 5.97 Å². The highest BCUT2D eigenvalue weighted by Gasteiger charge is 2.20. The molecule has 0 aromatic heterocycles. The van der Waals surface area contributed by atoms with Gasteiger partial charge in [0.25, 0.3) is 0 Å². The number of aliphatic hydroxyl groups is 2. The molecule has 6 heteroatoms. The Hall–Kier alpha value is -1.66. The maximum atomic E-state index is 12.5. The van der Waals surface area contributed by atoms with Crippen LogP contribution in [0, 0.1) is 0 Å². The Bertz CT molecular complexity index is 1010. The fraction of sp³-hybridized carbons (Fsp3) is 0.898. The van der Waals surface area contributed by atoms with Crippen molar-refractivity contribution in [1.82, 2.24) is 5.32 Å². The van der Waals surface area contributed by atoms with Gasteiger partial charge in [-0.1, -0.05) is 276 Å².